The summed E-state index contributed by atoms with van der Waals surface area (Å²) in [5.74, 6) is 0. The Morgan fingerprint density at radius 3 is 1.50 bits per heavy atom. The van der Waals surface area contributed by atoms with Crippen LogP contribution in [0.5, 0.6) is 0 Å². The summed E-state index contributed by atoms with van der Waals surface area (Å²) >= 11 is 0. The van der Waals surface area contributed by atoms with Crippen LogP contribution in [0.3, 0.4) is 0 Å². The van der Waals surface area contributed by atoms with Crippen molar-refractivity contribution in [2.24, 2.45) is 0 Å². The van der Waals surface area contributed by atoms with Crippen LogP contribution in [0.1, 0.15) is 0 Å². The minimum absolute atomic E-state index is 1.12. The molecule has 0 aromatic carbocycles. The van der Waals surface area contributed by atoms with Gasteiger partial charge in [-0.2, -0.15) is 9.78 Å². The molecule has 0 unspecified atom stereocenters. The highest BCUT2D eigenvalue weighted by Gasteiger charge is 1.68. The fraction of sp³-hybridized carbons (Fsp3) is 0. The quantitative estimate of drug-likeness (QED) is 0.192. The molecule has 0 radical (unpaired) electrons. The van der Waals surface area contributed by atoms with Crippen molar-refractivity contribution in [2.75, 3.05) is 0 Å². The second-order valence-electron chi connectivity index (χ2n) is 0.349. The molecule has 0 rings (SSSR count). The Morgan fingerprint density at radius 1 is 1.00 bits per heavy atom. The van der Waals surface area contributed by atoms with Gasteiger partial charge in [0.25, 0.3) is 0 Å². The lowest BCUT2D eigenvalue weighted by atomic mass is 11.6. The van der Waals surface area contributed by atoms with Crippen LogP contribution in [0.4, 0.5) is 0 Å². The van der Waals surface area contributed by atoms with Crippen LogP contribution in [-0.2, 0) is 9.78 Å². The molecule has 0 aliphatic carbocycles. The van der Waals surface area contributed by atoms with Crippen molar-refractivity contribution >= 4 is 0 Å². The normalized spacial score (nSPS) is 4.33. The number of rotatable bonds is 1. The lowest BCUT2D eigenvalue weighted by molar-refractivity contribution is -0.172. The Kier molecular flexibility index (Phi) is 2.73. The molecule has 0 saturated heterocycles. The van der Waals surface area contributed by atoms with Crippen molar-refractivity contribution in [3.63, 3.8) is 0 Å². The Bertz CT molecular complexity index is 83.1. The Balaban J connectivity index is 2.78. The van der Waals surface area contributed by atoms with Gasteiger partial charge in [-0.3, -0.25) is 0 Å². The molecule has 0 atom stereocenters. The molecule has 0 aromatic heterocycles. The van der Waals surface area contributed by atoms with Crippen molar-refractivity contribution < 1.29 is 9.78 Å². The van der Waals surface area contributed by atoms with Crippen molar-refractivity contribution in [1.29, 1.82) is 10.5 Å². The molecule has 4 nitrogen and oxygen atoms in total. The SMILES string of the molecule is N#COOC#N. The maximum absolute atomic E-state index is 7.45. The summed E-state index contributed by atoms with van der Waals surface area (Å²) in [5.41, 5.74) is 0. The highest BCUT2D eigenvalue weighted by molar-refractivity contribution is 4.44. The van der Waals surface area contributed by atoms with Crippen LogP contribution in [-0.4, -0.2) is 0 Å². The van der Waals surface area contributed by atoms with Crippen LogP contribution < -0.4 is 0 Å². The van der Waals surface area contributed by atoms with Gasteiger partial charge in [0.1, 0.15) is 0 Å². The summed E-state index contributed by atoms with van der Waals surface area (Å²) in [4.78, 5) is 6.85. The topological polar surface area (TPSA) is 66.0 Å². The lowest BCUT2D eigenvalue weighted by Crippen LogP contribution is -1.72. The summed E-state index contributed by atoms with van der Waals surface area (Å²) in [5, 5.41) is 14.9. The van der Waals surface area contributed by atoms with Crippen LogP contribution in [0.2, 0.25) is 0 Å². The molecule has 0 bridgehead atoms. The van der Waals surface area contributed by atoms with E-state index in [0.717, 1.165) is 12.5 Å². The van der Waals surface area contributed by atoms with Gasteiger partial charge in [0, 0.05) is 0 Å². The molecule has 0 spiro atoms. The van der Waals surface area contributed by atoms with Crippen LogP contribution in [0.25, 0.3) is 0 Å². The summed E-state index contributed by atoms with van der Waals surface area (Å²) in [6.45, 7) is 0. The van der Waals surface area contributed by atoms with E-state index in [2.05, 4.69) is 9.78 Å². The van der Waals surface area contributed by atoms with E-state index in [0.29, 0.717) is 0 Å². The summed E-state index contributed by atoms with van der Waals surface area (Å²) in [6.07, 6.45) is 2.25. The first kappa shape index (κ1) is 4.58. The second kappa shape index (κ2) is 3.58. The van der Waals surface area contributed by atoms with Gasteiger partial charge in [-0.25, -0.2) is 0 Å². The standard InChI is InChI=1S/C2N2O2/c3-1-5-6-2-4. The van der Waals surface area contributed by atoms with Gasteiger partial charge in [-0.05, 0) is 0 Å². The maximum atomic E-state index is 7.45. The average Bonchev–Trinajstić information content (AvgIpc) is 1.61. The molecule has 0 aromatic rings. The van der Waals surface area contributed by atoms with E-state index in [4.69, 9.17) is 10.5 Å². The van der Waals surface area contributed by atoms with Gasteiger partial charge in [-0.15, -0.1) is 10.5 Å². The Labute approximate surface area is 34.0 Å². The largest absolute Gasteiger partial charge is 0.339 e. The third-order valence-electron chi connectivity index (χ3n) is 0.116. The zero-order chi connectivity index (χ0) is 4.83. The van der Waals surface area contributed by atoms with Gasteiger partial charge in [0.2, 0.25) is 0 Å². The fourth-order valence-corrected chi connectivity index (χ4v) is 0.0373. The third kappa shape index (κ3) is 2.58. The molecular weight excluding hydrogens is 84.0 g/mol. The number of nitrogens with zero attached hydrogens (tertiary/aromatic N) is 2. The molecule has 6 heavy (non-hydrogen) atoms. The van der Waals surface area contributed by atoms with Gasteiger partial charge < -0.3 is 0 Å². The van der Waals surface area contributed by atoms with E-state index in [-0.39, 0.29) is 0 Å². The highest BCUT2D eigenvalue weighted by Crippen LogP contribution is 1.64. The summed E-state index contributed by atoms with van der Waals surface area (Å²) < 4.78 is 0. The Morgan fingerprint density at radius 2 is 1.33 bits per heavy atom. The van der Waals surface area contributed by atoms with E-state index in [1.54, 1.807) is 0 Å². The first-order valence-electron chi connectivity index (χ1n) is 1.02. The first-order valence-corrected chi connectivity index (χ1v) is 1.02. The third-order valence-corrected chi connectivity index (χ3v) is 0.116. The minimum atomic E-state index is 1.12. The molecule has 30 valence electrons. The van der Waals surface area contributed by atoms with Crippen molar-refractivity contribution in [3.8, 4) is 12.5 Å². The predicted molar refractivity (Wildman–Crippen MR) is 13.4 cm³/mol. The molecule has 0 saturated carbocycles. The monoisotopic (exact) mass is 84.0 g/mol. The molecule has 0 fully saturated rings. The summed E-state index contributed by atoms with van der Waals surface area (Å²) in [6, 6.07) is 0. The van der Waals surface area contributed by atoms with E-state index in [9.17, 15) is 0 Å². The highest BCUT2D eigenvalue weighted by atomic mass is 17.2. The van der Waals surface area contributed by atoms with Crippen LogP contribution in [0.15, 0.2) is 0 Å². The molecule has 0 heterocycles. The van der Waals surface area contributed by atoms with E-state index < -0.39 is 0 Å². The van der Waals surface area contributed by atoms with Gasteiger partial charge in [-0.1, -0.05) is 0 Å². The van der Waals surface area contributed by atoms with Crippen molar-refractivity contribution in [2.45, 2.75) is 0 Å². The van der Waals surface area contributed by atoms with Crippen molar-refractivity contribution in [1.82, 2.24) is 0 Å². The molecule has 4 heteroatoms. The fourth-order valence-electron chi connectivity index (χ4n) is 0.0373. The number of hydrogen-bond acceptors (Lipinski definition) is 4. The minimum Gasteiger partial charge on any atom is -0.194 e. The lowest BCUT2D eigenvalue weighted by Gasteiger charge is -1.73. The molecule has 0 N–H and O–H groups in total. The molecule has 0 aliphatic rings. The van der Waals surface area contributed by atoms with E-state index in [1.807, 2.05) is 0 Å². The molecule has 0 aliphatic heterocycles. The van der Waals surface area contributed by atoms with E-state index in [1.165, 1.54) is 0 Å². The summed E-state index contributed by atoms with van der Waals surface area (Å²) in [7, 11) is 0. The number of hydrogen-bond donors (Lipinski definition) is 0. The average molecular weight is 84.0 g/mol. The van der Waals surface area contributed by atoms with Gasteiger partial charge in [0.05, 0.1) is 0 Å². The first-order chi connectivity index (χ1) is 2.91. The molecule has 0 amide bonds. The van der Waals surface area contributed by atoms with Crippen LogP contribution >= 0.6 is 0 Å². The van der Waals surface area contributed by atoms with E-state index >= 15 is 0 Å². The van der Waals surface area contributed by atoms with Crippen LogP contribution in [0, 0.1) is 23.0 Å². The second-order valence-corrected chi connectivity index (χ2v) is 0.349. The predicted octanol–water partition coefficient (Wildman–Crippen LogP) is -0.103. The van der Waals surface area contributed by atoms with Gasteiger partial charge in [0.15, 0.2) is 0 Å². The smallest absolute Gasteiger partial charge is 0.194 e. The Hall–Kier alpha value is -1.42. The van der Waals surface area contributed by atoms with Crippen molar-refractivity contribution in [3.05, 3.63) is 0 Å². The maximum Gasteiger partial charge on any atom is 0.339 e. The zero-order valence-electron chi connectivity index (χ0n) is 2.71. The number of nitriles is 2. The van der Waals surface area contributed by atoms with Gasteiger partial charge >= 0.3 is 12.5 Å². The zero-order valence-corrected chi connectivity index (χ0v) is 2.71. The molecular formula is C2N2O2.